The molecule has 30 heavy (non-hydrogen) atoms. The molecule has 0 aromatic heterocycles. The molecule has 0 amide bonds. The molecule has 1 saturated heterocycles. The normalized spacial score (nSPS) is 17.2. The summed E-state index contributed by atoms with van der Waals surface area (Å²) in [5.41, 5.74) is -1.08. The summed E-state index contributed by atoms with van der Waals surface area (Å²) in [6.45, 7) is -0.784. The van der Waals surface area contributed by atoms with Gasteiger partial charge >= 0.3 is 6.18 Å². The molecule has 0 atom stereocenters. The largest absolute Gasteiger partial charge is 0.416 e. The molecular formula is C17H15Cl2F3N2O4S2. The number of hydrogen-bond acceptors (Lipinski definition) is 4. The Balaban J connectivity index is 1.79. The highest BCUT2D eigenvalue weighted by molar-refractivity contribution is 7.89. The van der Waals surface area contributed by atoms with E-state index in [0.29, 0.717) is 6.07 Å². The van der Waals surface area contributed by atoms with Gasteiger partial charge in [0.1, 0.15) is 0 Å². The van der Waals surface area contributed by atoms with Crippen molar-refractivity contribution in [3.05, 3.63) is 58.1 Å². The monoisotopic (exact) mass is 502 g/mol. The first-order valence-electron chi connectivity index (χ1n) is 8.45. The molecule has 2 aromatic rings. The van der Waals surface area contributed by atoms with E-state index in [2.05, 4.69) is 0 Å². The molecule has 1 aliphatic heterocycles. The highest BCUT2D eigenvalue weighted by Gasteiger charge is 2.36. The van der Waals surface area contributed by atoms with Crippen molar-refractivity contribution < 1.29 is 30.0 Å². The second-order valence-corrected chi connectivity index (χ2v) is 11.2. The van der Waals surface area contributed by atoms with Crippen molar-refractivity contribution in [1.82, 2.24) is 8.61 Å². The minimum absolute atomic E-state index is 0.130. The van der Waals surface area contributed by atoms with Gasteiger partial charge in [0.15, 0.2) is 0 Å². The molecule has 3 rings (SSSR count). The molecule has 1 fully saturated rings. The number of halogens is 5. The van der Waals surface area contributed by atoms with Gasteiger partial charge in [-0.1, -0.05) is 29.3 Å². The Hall–Kier alpha value is -1.37. The smallest absolute Gasteiger partial charge is 0.207 e. The molecule has 2 aromatic carbocycles. The van der Waals surface area contributed by atoms with Gasteiger partial charge in [-0.3, -0.25) is 0 Å². The van der Waals surface area contributed by atoms with Gasteiger partial charge in [-0.25, -0.2) is 16.8 Å². The van der Waals surface area contributed by atoms with Crippen LogP contribution < -0.4 is 0 Å². The van der Waals surface area contributed by atoms with Crippen LogP contribution in [0.15, 0.2) is 52.3 Å². The first kappa shape index (κ1) is 23.3. The SMILES string of the molecule is O=S(=O)(c1cc(Cl)cc(Cl)c1)N1CCN(S(=O)(=O)c2cccc(C(F)(F)F)c2)CC1. The zero-order valence-corrected chi connectivity index (χ0v) is 18.2. The van der Waals surface area contributed by atoms with Crippen LogP contribution in [0.25, 0.3) is 0 Å². The van der Waals surface area contributed by atoms with Crippen molar-refractivity contribution in [3.63, 3.8) is 0 Å². The molecular weight excluding hydrogens is 488 g/mol. The van der Waals surface area contributed by atoms with Gasteiger partial charge in [-0.05, 0) is 36.4 Å². The Morgan fingerprint density at radius 2 is 1.20 bits per heavy atom. The predicted molar refractivity (Wildman–Crippen MR) is 105 cm³/mol. The fraction of sp³-hybridized carbons (Fsp3) is 0.294. The van der Waals surface area contributed by atoms with E-state index >= 15 is 0 Å². The second kappa shape index (κ2) is 8.29. The van der Waals surface area contributed by atoms with E-state index in [9.17, 15) is 30.0 Å². The summed E-state index contributed by atoms with van der Waals surface area (Å²) in [4.78, 5) is -0.635. The number of benzene rings is 2. The van der Waals surface area contributed by atoms with Gasteiger partial charge in [-0.15, -0.1) is 0 Å². The molecule has 0 aliphatic carbocycles. The van der Waals surface area contributed by atoms with Crippen molar-refractivity contribution in [2.75, 3.05) is 26.2 Å². The Labute approximate surface area is 181 Å². The fourth-order valence-corrected chi connectivity index (χ4v) is 6.58. The summed E-state index contributed by atoms with van der Waals surface area (Å²) in [6.07, 6.45) is -4.68. The van der Waals surface area contributed by atoms with Crippen LogP contribution in [-0.2, 0) is 26.2 Å². The lowest BCUT2D eigenvalue weighted by Crippen LogP contribution is -2.50. The second-order valence-electron chi connectivity index (χ2n) is 6.44. The van der Waals surface area contributed by atoms with E-state index in [4.69, 9.17) is 23.2 Å². The Morgan fingerprint density at radius 1 is 0.733 bits per heavy atom. The van der Waals surface area contributed by atoms with Crippen LogP contribution in [0.5, 0.6) is 0 Å². The van der Waals surface area contributed by atoms with E-state index in [-0.39, 0.29) is 41.1 Å². The van der Waals surface area contributed by atoms with Crippen LogP contribution in [0.3, 0.4) is 0 Å². The van der Waals surface area contributed by atoms with Crippen LogP contribution in [0.1, 0.15) is 5.56 Å². The maximum absolute atomic E-state index is 12.9. The lowest BCUT2D eigenvalue weighted by Gasteiger charge is -2.33. The lowest BCUT2D eigenvalue weighted by atomic mass is 10.2. The van der Waals surface area contributed by atoms with Gasteiger partial charge < -0.3 is 0 Å². The van der Waals surface area contributed by atoms with Crippen molar-refractivity contribution >= 4 is 43.2 Å². The number of sulfonamides is 2. The number of alkyl halides is 3. The summed E-state index contributed by atoms with van der Waals surface area (Å²) >= 11 is 11.7. The Kier molecular flexibility index (Phi) is 6.43. The maximum atomic E-state index is 12.9. The topological polar surface area (TPSA) is 74.8 Å². The van der Waals surface area contributed by atoms with Gasteiger partial charge in [0.05, 0.1) is 15.4 Å². The summed E-state index contributed by atoms with van der Waals surface area (Å²) < 4.78 is 91.8. The number of rotatable bonds is 4. The van der Waals surface area contributed by atoms with Gasteiger partial charge in [-0.2, -0.15) is 21.8 Å². The molecule has 0 radical (unpaired) electrons. The van der Waals surface area contributed by atoms with E-state index in [1.807, 2.05) is 0 Å². The molecule has 1 heterocycles. The molecule has 0 spiro atoms. The van der Waals surface area contributed by atoms with Crippen molar-refractivity contribution in [1.29, 1.82) is 0 Å². The van der Waals surface area contributed by atoms with E-state index in [1.165, 1.54) is 18.2 Å². The number of piperazine rings is 1. The quantitative estimate of drug-likeness (QED) is 0.638. The summed E-state index contributed by atoms with van der Waals surface area (Å²) in [7, 11) is -8.19. The average molecular weight is 503 g/mol. The summed E-state index contributed by atoms with van der Waals surface area (Å²) in [6, 6.07) is 7.26. The molecule has 6 nitrogen and oxygen atoms in total. The van der Waals surface area contributed by atoms with Crippen LogP contribution in [0.2, 0.25) is 10.0 Å². The van der Waals surface area contributed by atoms with E-state index in [1.54, 1.807) is 0 Å². The Bertz CT molecular complexity index is 1140. The highest BCUT2D eigenvalue weighted by atomic mass is 35.5. The van der Waals surface area contributed by atoms with Crippen LogP contribution in [0, 0.1) is 0 Å². The standard InChI is InChI=1S/C17H15Cl2F3N2O4S2/c18-13-9-14(19)11-16(10-13)30(27,28)24-6-4-23(5-7-24)29(25,26)15-3-1-2-12(8-15)17(20,21)22/h1-3,8-11H,4-7H2. The molecule has 0 bridgehead atoms. The Morgan fingerprint density at radius 3 is 1.67 bits per heavy atom. The maximum Gasteiger partial charge on any atom is 0.416 e. The molecule has 0 saturated carbocycles. The number of hydrogen-bond donors (Lipinski definition) is 0. The van der Waals surface area contributed by atoms with Gasteiger partial charge in [0.2, 0.25) is 20.0 Å². The van der Waals surface area contributed by atoms with Crippen molar-refractivity contribution in [2.45, 2.75) is 16.0 Å². The molecule has 0 unspecified atom stereocenters. The third kappa shape index (κ3) is 4.76. The van der Waals surface area contributed by atoms with E-state index < -0.39 is 36.7 Å². The van der Waals surface area contributed by atoms with Gasteiger partial charge in [0, 0.05) is 36.2 Å². The minimum Gasteiger partial charge on any atom is -0.207 e. The number of nitrogens with zero attached hydrogens (tertiary/aromatic N) is 2. The van der Waals surface area contributed by atoms with Crippen LogP contribution in [0.4, 0.5) is 13.2 Å². The fourth-order valence-electron chi connectivity index (χ4n) is 2.96. The molecule has 0 N–H and O–H groups in total. The minimum atomic E-state index is -4.68. The summed E-state index contributed by atoms with van der Waals surface area (Å²) in [5.74, 6) is 0. The average Bonchev–Trinajstić information content (AvgIpc) is 2.67. The lowest BCUT2D eigenvalue weighted by molar-refractivity contribution is -0.137. The van der Waals surface area contributed by atoms with E-state index in [0.717, 1.165) is 26.8 Å². The molecule has 164 valence electrons. The third-order valence-electron chi connectivity index (χ3n) is 4.47. The first-order valence-corrected chi connectivity index (χ1v) is 12.1. The van der Waals surface area contributed by atoms with Crippen LogP contribution in [-0.4, -0.2) is 51.6 Å². The molecule has 1 aliphatic rings. The highest BCUT2D eigenvalue weighted by Crippen LogP contribution is 2.32. The zero-order chi connectivity index (χ0) is 22.3. The molecule has 13 heteroatoms. The van der Waals surface area contributed by atoms with Crippen LogP contribution >= 0.6 is 23.2 Å². The first-order chi connectivity index (χ1) is 13.8. The third-order valence-corrected chi connectivity index (χ3v) is 8.68. The summed E-state index contributed by atoms with van der Waals surface area (Å²) in [5, 5.41) is 0.263. The van der Waals surface area contributed by atoms with Gasteiger partial charge in [0.25, 0.3) is 0 Å². The van der Waals surface area contributed by atoms with Crippen molar-refractivity contribution in [2.24, 2.45) is 0 Å². The van der Waals surface area contributed by atoms with Crippen molar-refractivity contribution in [3.8, 4) is 0 Å². The zero-order valence-electron chi connectivity index (χ0n) is 15.1. The predicted octanol–water partition coefficient (Wildman–Crippen LogP) is 3.71.